The molecule has 22 heavy (non-hydrogen) atoms. The van der Waals surface area contributed by atoms with Crippen LogP contribution in [0.2, 0.25) is 0 Å². The highest BCUT2D eigenvalue weighted by Gasteiger charge is 2.31. The van der Waals surface area contributed by atoms with Crippen LogP contribution >= 0.6 is 23.2 Å². The van der Waals surface area contributed by atoms with Crippen molar-refractivity contribution in [3.8, 4) is 5.75 Å². The minimum atomic E-state index is -1.05. The molecule has 0 atom stereocenters. The van der Waals surface area contributed by atoms with Crippen molar-refractivity contribution in [1.29, 1.82) is 0 Å². The predicted octanol–water partition coefficient (Wildman–Crippen LogP) is 5.57. The third-order valence-electron chi connectivity index (χ3n) is 4.00. The van der Waals surface area contributed by atoms with Gasteiger partial charge in [0.05, 0.1) is 18.9 Å². The van der Waals surface area contributed by atoms with Crippen LogP contribution in [0.4, 0.5) is 0 Å². The van der Waals surface area contributed by atoms with Crippen molar-refractivity contribution in [1.82, 2.24) is 0 Å². The summed E-state index contributed by atoms with van der Waals surface area (Å²) >= 11 is 13.1. The molecular formula is C18H23Cl2NO. The van der Waals surface area contributed by atoms with E-state index in [1.54, 1.807) is 13.2 Å². The summed E-state index contributed by atoms with van der Waals surface area (Å²) in [6.07, 6.45) is 8.17. The van der Waals surface area contributed by atoms with Crippen LogP contribution in [-0.2, 0) is 0 Å². The lowest BCUT2D eigenvalue weighted by atomic mass is 9.95. The highest BCUT2D eigenvalue weighted by Crippen LogP contribution is 2.33. The molecule has 0 amide bonds. The van der Waals surface area contributed by atoms with E-state index >= 15 is 0 Å². The van der Waals surface area contributed by atoms with Crippen molar-refractivity contribution < 1.29 is 4.74 Å². The van der Waals surface area contributed by atoms with E-state index in [-0.39, 0.29) is 0 Å². The van der Waals surface area contributed by atoms with E-state index in [1.807, 2.05) is 24.3 Å². The quantitative estimate of drug-likeness (QED) is 0.377. The molecule has 1 aliphatic carbocycles. The maximum atomic E-state index is 6.56. The number of aliphatic imine (C=N–C) groups is 1. The topological polar surface area (TPSA) is 21.6 Å². The number of halogens is 2. The normalized spacial score (nSPS) is 17.3. The molecule has 0 aliphatic heterocycles. The van der Waals surface area contributed by atoms with Crippen molar-refractivity contribution in [3.63, 3.8) is 0 Å². The third kappa shape index (κ3) is 4.50. The molecule has 2 rings (SSSR count). The Labute approximate surface area is 143 Å². The van der Waals surface area contributed by atoms with Gasteiger partial charge in [0.15, 0.2) is 4.33 Å². The zero-order valence-corrected chi connectivity index (χ0v) is 14.5. The zero-order valence-electron chi connectivity index (χ0n) is 13.0. The Morgan fingerprint density at radius 2 is 1.91 bits per heavy atom. The number of benzene rings is 1. The molecule has 0 N–H and O–H groups in total. The summed E-state index contributed by atoms with van der Waals surface area (Å²) in [5.74, 6) is 0.805. The molecule has 0 spiro atoms. The first kappa shape index (κ1) is 17.4. The van der Waals surface area contributed by atoms with Gasteiger partial charge in [-0.3, -0.25) is 4.99 Å². The van der Waals surface area contributed by atoms with Crippen molar-refractivity contribution in [2.45, 2.75) is 48.9 Å². The van der Waals surface area contributed by atoms with Gasteiger partial charge >= 0.3 is 0 Å². The van der Waals surface area contributed by atoms with Gasteiger partial charge in [-0.1, -0.05) is 48.5 Å². The van der Waals surface area contributed by atoms with E-state index in [1.165, 1.54) is 19.3 Å². The van der Waals surface area contributed by atoms with Gasteiger partial charge in [-0.05, 0) is 42.7 Å². The molecule has 0 unspecified atom stereocenters. The summed E-state index contributed by atoms with van der Waals surface area (Å²) in [7, 11) is 1.65. The largest absolute Gasteiger partial charge is 0.497 e. The summed E-state index contributed by atoms with van der Waals surface area (Å²) < 4.78 is 4.16. The minimum absolute atomic E-state index is 0.313. The highest BCUT2D eigenvalue weighted by molar-refractivity contribution is 6.60. The number of hydrogen-bond acceptors (Lipinski definition) is 2. The molecule has 1 aliphatic rings. The van der Waals surface area contributed by atoms with Crippen LogP contribution in [0.3, 0.4) is 0 Å². The molecule has 0 bridgehead atoms. The number of alkyl halides is 2. The van der Waals surface area contributed by atoms with Gasteiger partial charge in [0.25, 0.3) is 0 Å². The minimum Gasteiger partial charge on any atom is -0.497 e. The number of nitrogens with zero attached hydrogens (tertiary/aromatic N) is 1. The molecule has 1 fully saturated rings. The molecular weight excluding hydrogens is 317 g/mol. The van der Waals surface area contributed by atoms with Crippen LogP contribution in [0.25, 0.3) is 0 Å². The summed E-state index contributed by atoms with van der Waals surface area (Å²) in [6, 6.07) is 8.05. The Balaban J connectivity index is 2.34. The Kier molecular flexibility index (Phi) is 6.34. The first-order valence-electron chi connectivity index (χ1n) is 7.78. The van der Waals surface area contributed by atoms with Crippen molar-refractivity contribution in [2.24, 2.45) is 4.99 Å². The first-order valence-corrected chi connectivity index (χ1v) is 8.54. The fourth-order valence-electron chi connectivity index (χ4n) is 2.80. The Morgan fingerprint density at radius 1 is 1.27 bits per heavy atom. The zero-order chi connectivity index (χ0) is 16.0. The summed E-state index contributed by atoms with van der Waals surface area (Å²) in [4.78, 5) is 4.92. The Morgan fingerprint density at radius 3 is 2.45 bits per heavy atom. The number of allylic oxidation sites excluding steroid dienone is 1. The number of ether oxygens (including phenoxy) is 1. The monoisotopic (exact) mass is 339 g/mol. The smallest absolute Gasteiger partial charge is 0.163 e. The molecule has 120 valence electrons. The average molecular weight is 340 g/mol. The van der Waals surface area contributed by atoms with Gasteiger partial charge in [-0.25, -0.2) is 0 Å². The molecule has 1 saturated carbocycles. The maximum absolute atomic E-state index is 6.56. The van der Waals surface area contributed by atoms with Gasteiger partial charge in [0.2, 0.25) is 0 Å². The van der Waals surface area contributed by atoms with Gasteiger partial charge < -0.3 is 4.74 Å². The average Bonchev–Trinajstić information content (AvgIpc) is 2.53. The number of rotatable bonds is 6. The van der Waals surface area contributed by atoms with E-state index in [9.17, 15) is 0 Å². The lowest BCUT2D eigenvalue weighted by molar-refractivity contribution is 0.415. The lowest BCUT2D eigenvalue weighted by Crippen LogP contribution is -2.29. The third-order valence-corrected chi connectivity index (χ3v) is 4.66. The van der Waals surface area contributed by atoms with Gasteiger partial charge in [-0.15, -0.1) is 6.58 Å². The van der Waals surface area contributed by atoms with Crippen LogP contribution in [0.15, 0.2) is 41.9 Å². The molecule has 0 saturated heterocycles. The van der Waals surface area contributed by atoms with E-state index in [2.05, 4.69) is 6.58 Å². The molecule has 0 aromatic heterocycles. The van der Waals surface area contributed by atoms with Crippen molar-refractivity contribution in [2.75, 3.05) is 7.11 Å². The van der Waals surface area contributed by atoms with Crippen molar-refractivity contribution in [3.05, 3.63) is 42.5 Å². The molecule has 4 heteroatoms. The fraction of sp³-hybridized carbons (Fsp3) is 0.500. The number of methoxy groups -OCH3 is 1. The fourth-order valence-corrected chi connectivity index (χ4v) is 3.33. The first-order chi connectivity index (χ1) is 10.6. The van der Waals surface area contributed by atoms with Crippen LogP contribution in [0.1, 0.15) is 44.1 Å². The maximum Gasteiger partial charge on any atom is 0.163 e. The SMILES string of the molecule is C=CCC(Cl)(Cl)C(=NC1CCCCC1)c1ccc(OC)cc1. The van der Waals surface area contributed by atoms with E-state index < -0.39 is 4.33 Å². The van der Waals surface area contributed by atoms with Crippen LogP contribution in [0, 0.1) is 0 Å². The molecule has 1 aromatic rings. The summed E-state index contributed by atoms with van der Waals surface area (Å²) in [6.45, 7) is 3.75. The summed E-state index contributed by atoms with van der Waals surface area (Å²) in [5.41, 5.74) is 1.68. The van der Waals surface area contributed by atoms with Crippen molar-refractivity contribution >= 4 is 28.9 Å². The van der Waals surface area contributed by atoms with E-state index in [0.29, 0.717) is 12.5 Å². The van der Waals surface area contributed by atoms with Crippen LogP contribution < -0.4 is 4.74 Å². The Bertz CT molecular complexity index is 516. The molecule has 0 heterocycles. The molecule has 1 aromatic carbocycles. The Hall–Kier alpha value is -0.990. The van der Waals surface area contributed by atoms with Crippen LogP contribution in [0.5, 0.6) is 5.75 Å². The second kappa shape index (κ2) is 8.03. The van der Waals surface area contributed by atoms with E-state index in [4.69, 9.17) is 32.9 Å². The second-order valence-electron chi connectivity index (χ2n) is 5.70. The standard InChI is InChI=1S/C18H23Cl2NO/c1-3-13-18(19,20)17(21-15-7-5-4-6-8-15)14-9-11-16(22-2)12-10-14/h3,9-12,15H,1,4-8,13H2,2H3. The lowest BCUT2D eigenvalue weighted by Gasteiger charge is -2.25. The summed E-state index contributed by atoms with van der Waals surface area (Å²) in [5, 5.41) is 0. The molecule has 0 radical (unpaired) electrons. The second-order valence-corrected chi connectivity index (χ2v) is 7.18. The van der Waals surface area contributed by atoms with Crippen LogP contribution in [-0.4, -0.2) is 23.2 Å². The predicted molar refractivity (Wildman–Crippen MR) is 95.7 cm³/mol. The van der Waals surface area contributed by atoms with E-state index in [0.717, 1.165) is 29.9 Å². The highest BCUT2D eigenvalue weighted by atomic mass is 35.5. The van der Waals surface area contributed by atoms with Gasteiger partial charge in [-0.2, -0.15) is 0 Å². The molecule has 2 nitrogen and oxygen atoms in total. The van der Waals surface area contributed by atoms with Gasteiger partial charge in [0, 0.05) is 6.42 Å². The number of hydrogen-bond donors (Lipinski definition) is 0. The van der Waals surface area contributed by atoms with Gasteiger partial charge in [0.1, 0.15) is 5.75 Å².